The van der Waals surface area contributed by atoms with Gasteiger partial charge in [-0.2, -0.15) is 0 Å². The molecule has 16 aromatic rings. The highest BCUT2D eigenvalue weighted by molar-refractivity contribution is 6.20. The number of aromatic nitrogens is 9. The Hall–Kier alpha value is -12.6. The fourth-order valence-electron chi connectivity index (χ4n) is 13.4. The molecular formula is C83H49N9. The topological polar surface area (TPSA) is 116 Å². The minimum Gasteiger partial charge on any atom is -0.208 e. The number of fused-ring (bicyclic) bond motifs is 6. The highest BCUT2D eigenvalue weighted by Gasteiger charge is 2.26. The van der Waals surface area contributed by atoms with Gasteiger partial charge in [-0.1, -0.05) is 279 Å². The first-order valence-electron chi connectivity index (χ1n) is 30.8. The standard InChI is InChI=1S/C83H49N9/c1-5-19-50(20-6-1)75-84-76(51-21-7-2-8-22-51)87-79(86-75)54-35-39-56(40-36-54)81-90-82(57-41-37-55(38-42-57)80-88-77(52-23-9-3-10-24-52)85-78(89-80)53-25-11-4-12-26-53)92-83(91-81)60-48-58(61-43-45-71-65-29-15-13-27-63(65)69-33-17-31-67(61)73(69)71)47-59(49-60)62-44-46-72-66-30-16-14-28-64(66)70-34-18-32-68(62)74(70)72/h1-49H. The zero-order chi connectivity index (χ0) is 60.6. The average molecular weight is 1170 g/mol. The molecule has 2 aliphatic carbocycles. The van der Waals surface area contributed by atoms with E-state index in [9.17, 15) is 0 Å². The summed E-state index contributed by atoms with van der Waals surface area (Å²) in [5.74, 6) is 4.98. The third kappa shape index (κ3) is 9.06. The van der Waals surface area contributed by atoms with Crippen LogP contribution in [0.4, 0.5) is 0 Å². The van der Waals surface area contributed by atoms with Crippen molar-refractivity contribution >= 4 is 21.5 Å². The second kappa shape index (κ2) is 21.6. The van der Waals surface area contributed by atoms with Crippen LogP contribution in [-0.4, -0.2) is 44.9 Å². The maximum Gasteiger partial charge on any atom is 0.164 e. The summed E-state index contributed by atoms with van der Waals surface area (Å²) in [6, 6.07) is 103. The number of hydrogen-bond acceptors (Lipinski definition) is 9. The Morgan fingerprint density at radius 2 is 0.337 bits per heavy atom. The minimum atomic E-state index is 0.502. The fraction of sp³-hybridized carbons (Fsp3) is 0. The Kier molecular flexibility index (Phi) is 12.3. The maximum atomic E-state index is 5.49. The molecule has 2 aliphatic rings. The van der Waals surface area contributed by atoms with Gasteiger partial charge >= 0.3 is 0 Å². The largest absolute Gasteiger partial charge is 0.208 e. The van der Waals surface area contributed by atoms with E-state index in [-0.39, 0.29) is 0 Å². The normalized spacial score (nSPS) is 11.7. The number of hydrogen-bond donors (Lipinski definition) is 0. The third-order valence-corrected chi connectivity index (χ3v) is 17.7. The Morgan fingerprint density at radius 3 is 0.620 bits per heavy atom. The van der Waals surface area contributed by atoms with Crippen molar-refractivity contribution in [3.8, 4) is 169 Å². The van der Waals surface area contributed by atoms with Crippen LogP contribution < -0.4 is 0 Å². The smallest absolute Gasteiger partial charge is 0.164 e. The highest BCUT2D eigenvalue weighted by Crippen LogP contribution is 2.52. The van der Waals surface area contributed by atoms with E-state index in [2.05, 4.69) is 127 Å². The van der Waals surface area contributed by atoms with Gasteiger partial charge in [0.2, 0.25) is 0 Å². The van der Waals surface area contributed by atoms with E-state index < -0.39 is 0 Å². The van der Waals surface area contributed by atoms with Gasteiger partial charge in [0.1, 0.15) is 0 Å². The lowest BCUT2D eigenvalue weighted by molar-refractivity contribution is 1.07. The molecule has 9 nitrogen and oxygen atoms in total. The Bertz CT molecular complexity index is 5090. The number of rotatable bonds is 11. The van der Waals surface area contributed by atoms with Crippen LogP contribution in [-0.2, 0) is 0 Å². The van der Waals surface area contributed by atoms with Gasteiger partial charge in [-0.25, -0.2) is 44.9 Å². The molecule has 0 spiro atoms. The second-order valence-corrected chi connectivity index (χ2v) is 23.2. The lowest BCUT2D eigenvalue weighted by Gasteiger charge is -2.16. The molecule has 0 bridgehead atoms. The van der Waals surface area contributed by atoms with Crippen molar-refractivity contribution in [2.45, 2.75) is 0 Å². The van der Waals surface area contributed by atoms with Gasteiger partial charge in [0.15, 0.2) is 52.4 Å². The Morgan fingerprint density at radius 1 is 0.130 bits per heavy atom. The van der Waals surface area contributed by atoms with Crippen LogP contribution in [0.5, 0.6) is 0 Å². The molecule has 92 heavy (non-hydrogen) atoms. The highest BCUT2D eigenvalue weighted by atomic mass is 15.1. The molecule has 0 unspecified atom stereocenters. The van der Waals surface area contributed by atoms with Crippen LogP contribution in [0.25, 0.3) is 191 Å². The molecule has 0 aliphatic heterocycles. The van der Waals surface area contributed by atoms with Gasteiger partial charge in [0, 0.05) is 50.1 Å². The Labute approximate surface area is 530 Å². The summed E-state index contributed by atoms with van der Waals surface area (Å²) in [7, 11) is 0. The predicted molar refractivity (Wildman–Crippen MR) is 370 cm³/mol. The molecule has 18 rings (SSSR count). The molecule has 0 atom stereocenters. The van der Waals surface area contributed by atoms with Crippen molar-refractivity contribution in [2.24, 2.45) is 0 Å². The van der Waals surface area contributed by atoms with Crippen LogP contribution in [0.15, 0.2) is 297 Å². The Balaban J connectivity index is 0.820. The van der Waals surface area contributed by atoms with Crippen LogP contribution in [0.3, 0.4) is 0 Å². The summed E-state index contributed by atoms with van der Waals surface area (Å²) in [5, 5.41) is 4.88. The molecule has 3 heterocycles. The molecule has 3 aromatic heterocycles. The van der Waals surface area contributed by atoms with Crippen LogP contribution in [0.2, 0.25) is 0 Å². The van der Waals surface area contributed by atoms with Crippen molar-refractivity contribution in [2.75, 3.05) is 0 Å². The summed E-state index contributed by atoms with van der Waals surface area (Å²) in [6.07, 6.45) is 0. The van der Waals surface area contributed by atoms with Gasteiger partial charge < -0.3 is 0 Å². The van der Waals surface area contributed by atoms with Crippen molar-refractivity contribution in [3.05, 3.63) is 297 Å². The summed E-state index contributed by atoms with van der Waals surface area (Å²) in [5.41, 5.74) is 22.0. The van der Waals surface area contributed by atoms with Crippen LogP contribution in [0, 0.1) is 0 Å². The summed E-state index contributed by atoms with van der Waals surface area (Å²) >= 11 is 0. The molecule has 13 aromatic carbocycles. The summed E-state index contributed by atoms with van der Waals surface area (Å²) in [6.45, 7) is 0. The molecule has 0 fully saturated rings. The van der Waals surface area contributed by atoms with Crippen molar-refractivity contribution < 1.29 is 0 Å². The van der Waals surface area contributed by atoms with Gasteiger partial charge in [0.05, 0.1) is 0 Å². The monoisotopic (exact) mass is 1170 g/mol. The van der Waals surface area contributed by atoms with E-state index in [0.29, 0.717) is 52.4 Å². The lowest BCUT2D eigenvalue weighted by atomic mass is 9.89. The molecule has 0 radical (unpaired) electrons. The number of nitrogens with zero attached hydrogens (tertiary/aromatic N) is 9. The first-order valence-corrected chi connectivity index (χ1v) is 30.8. The SMILES string of the molecule is c1ccc(-c2nc(-c3ccccc3)nc(-c3ccc(-c4nc(-c5ccc(-c6nc(-c7ccccc7)nc(-c7ccccc7)n6)cc5)nc(-c5cc(-c6ccc7c8c(cccc68)-c6ccccc6-7)cc(-c6ccc7c8c(cccc68)-c6ccccc6-7)c5)n4)cc3)n2)cc1. The van der Waals surface area contributed by atoms with E-state index in [1.807, 2.05) is 170 Å². The molecular weight excluding hydrogens is 1120 g/mol. The van der Waals surface area contributed by atoms with Crippen LogP contribution in [0.1, 0.15) is 0 Å². The second-order valence-electron chi connectivity index (χ2n) is 23.2. The molecule has 0 saturated carbocycles. The van der Waals surface area contributed by atoms with E-state index >= 15 is 0 Å². The summed E-state index contributed by atoms with van der Waals surface area (Å²) in [4.78, 5) is 46.5. The minimum absolute atomic E-state index is 0.502. The molecule has 9 heteroatoms. The van der Waals surface area contributed by atoms with Gasteiger partial charge in [-0.3, -0.25) is 0 Å². The average Bonchev–Trinajstić information content (AvgIpc) is 1.56. The first kappa shape index (κ1) is 52.5. The molecule has 426 valence electrons. The number of benzene rings is 13. The van der Waals surface area contributed by atoms with Crippen molar-refractivity contribution in [1.29, 1.82) is 0 Å². The van der Waals surface area contributed by atoms with E-state index in [1.165, 1.54) is 66.1 Å². The third-order valence-electron chi connectivity index (χ3n) is 17.7. The van der Waals surface area contributed by atoms with Crippen molar-refractivity contribution in [3.63, 3.8) is 0 Å². The van der Waals surface area contributed by atoms with E-state index in [0.717, 1.165) is 72.3 Å². The van der Waals surface area contributed by atoms with E-state index in [4.69, 9.17) is 44.9 Å². The van der Waals surface area contributed by atoms with Gasteiger partial charge in [-0.05, 0) is 107 Å². The first-order chi connectivity index (χ1) is 45.6. The summed E-state index contributed by atoms with van der Waals surface area (Å²) < 4.78 is 0. The zero-order valence-electron chi connectivity index (χ0n) is 49.3. The van der Waals surface area contributed by atoms with Crippen LogP contribution >= 0.6 is 0 Å². The van der Waals surface area contributed by atoms with Crippen molar-refractivity contribution in [1.82, 2.24) is 44.9 Å². The molecule has 0 N–H and O–H groups in total. The zero-order valence-corrected chi connectivity index (χ0v) is 49.3. The van der Waals surface area contributed by atoms with E-state index in [1.54, 1.807) is 0 Å². The molecule has 0 saturated heterocycles. The van der Waals surface area contributed by atoms with Gasteiger partial charge in [0.25, 0.3) is 0 Å². The van der Waals surface area contributed by atoms with Gasteiger partial charge in [-0.15, -0.1) is 0 Å². The predicted octanol–water partition coefficient (Wildman–Crippen LogP) is 20.2. The quantitative estimate of drug-likeness (QED) is 0.125. The lowest BCUT2D eigenvalue weighted by Crippen LogP contribution is -2.02. The fourth-order valence-corrected chi connectivity index (χ4v) is 13.4. The maximum absolute atomic E-state index is 5.49. The molecule has 0 amide bonds.